The summed E-state index contributed by atoms with van der Waals surface area (Å²) in [5.74, 6) is 0. The van der Waals surface area contributed by atoms with Crippen molar-refractivity contribution in [1.29, 1.82) is 0 Å². The zero-order valence-electron chi connectivity index (χ0n) is 16.4. The van der Waals surface area contributed by atoms with Crippen LogP contribution in [0.4, 0.5) is 0 Å². The van der Waals surface area contributed by atoms with Crippen LogP contribution < -0.4 is 0 Å². The van der Waals surface area contributed by atoms with Gasteiger partial charge in [-0.25, -0.2) is 0 Å². The average molecular weight is 341 g/mol. The van der Waals surface area contributed by atoms with Crippen LogP contribution in [-0.4, -0.2) is 20.7 Å². The van der Waals surface area contributed by atoms with Gasteiger partial charge in [0, 0.05) is 7.05 Å². The van der Waals surface area contributed by atoms with Crippen molar-refractivity contribution in [2.24, 2.45) is 0 Å². The fourth-order valence-corrected chi connectivity index (χ4v) is 4.95. The van der Waals surface area contributed by atoms with Crippen molar-refractivity contribution < 1.29 is 0 Å². The molecule has 1 aromatic carbocycles. The van der Waals surface area contributed by atoms with Gasteiger partial charge in [-0.2, -0.15) is 0 Å². The average Bonchev–Trinajstić information content (AvgIpc) is 2.52. The van der Waals surface area contributed by atoms with Crippen LogP contribution in [0.2, 0.25) is 13.1 Å². The van der Waals surface area contributed by atoms with Crippen LogP contribution in [0.5, 0.6) is 0 Å². The predicted octanol–water partition coefficient (Wildman–Crippen LogP) is 6.36. The number of nitrogens with zero attached hydrogens (tertiary/aromatic N) is 1. The summed E-state index contributed by atoms with van der Waals surface area (Å²) in [6.07, 6.45) is 11.6. The van der Waals surface area contributed by atoms with E-state index in [4.69, 9.17) is 0 Å². The highest BCUT2D eigenvalue weighted by molar-refractivity contribution is 6.65. The molecular weight excluding hydrogens is 306 g/mol. The molecule has 0 saturated heterocycles. The Labute approximate surface area is 151 Å². The monoisotopic (exact) mass is 340 g/mol. The van der Waals surface area contributed by atoms with E-state index in [0.29, 0.717) is 6.04 Å². The maximum absolute atomic E-state index is 2.55. The molecule has 0 saturated carbocycles. The fourth-order valence-electron chi connectivity index (χ4n) is 3.64. The summed E-state index contributed by atoms with van der Waals surface area (Å²) in [6.45, 7) is 11.6. The maximum atomic E-state index is 2.55. The first-order valence-electron chi connectivity index (χ1n) is 9.46. The van der Waals surface area contributed by atoms with Crippen LogP contribution in [0.25, 0.3) is 0 Å². The molecule has 1 heterocycles. The van der Waals surface area contributed by atoms with E-state index in [9.17, 15) is 0 Å². The minimum absolute atomic E-state index is 0.386. The van der Waals surface area contributed by atoms with Crippen molar-refractivity contribution >= 4 is 8.80 Å². The molecule has 1 aromatic rings. The van der Waals surface area contributed by atoms with Gasteiger partial charge in [0.05, 0.1) is 14.8 Å². The molecule has 0 spiro atoms. The van der Waals surface area contributed by atoms with E-state index in [0.717, 1.165) is 0 Å². The van der Waals surface area contributed by atoms with Crippen molar-refractivity contribution in [2.45, 2.75) is 72.0 Å². The molecule has 1 unspecified atom stereocenters. The van der Waals surface area contributed by atoms with Crippen LogP contribution in [0.1, 0.15) is 61.8 Å². The molecule has 1 aliphatic rings. The van der Waals surface area contributed by atoms with Crippen molar-refractivity contribution in [3.05, 3.63) is 57.9 Å². The van der Waals surface area contributed by atoms with Gasteiger partial charge in [0.1, 0.15) is 0 Å². The Morgan fingerprint density at radius 1 is 1.08 bits per heavy atom. The third kappa shape index (κ3) is 4.63. The number of benzene rings is 1. The van der Waals surface area contributed by atoms with E-state index in [1.54, 1.807) is 10.8 Å². The number of hydrogen-bond acceptors (Lipinski definition) is 1. The summed E-state index contributed by atoms with van der Waals surface area (Å²) in [7, 11) is 1.81. The van der Waals surface area contributed by atoms with E-state index in [2.05, 4.69) is 76.3 Å². The van der Waals surface area contributed by atoms with Crippen LogP contribution in [0.15, 0.2) is 41.2 Å². The number of aryl methyl sites for hydroxylation is 2. The van der Waals surface area contributed by atoms with Gasteiger partial charge in [0.25, 0.3) is 0 Å². The highest BCUT2D eigenvalue weighted by Crippen LogP contribution is 2.35. The Bertz CT molecular complexity index is 612. The van der Waals surface area contributed by atoms with Gasteiger partial charge in [-0.05, 0) is 54.8 Å². The predicted molar refractivity (Wildman–Crippen MR) is 109 cm³/mol. The van der Waals surface area contributed by atoms with Crippen LogP contribution >= 0.6 is 0 Å². The van der Waals surface area contributed by atoms with E-state index in [1.165, 1.54) is 48.8 Å². The third-order valence-electron chi connectivity index (χ3n) is 5.06. The number of hydrogen-bond donors (Lipinski definition) is 0. The highest BCUT2D eigenvalue weighted by Gasteiger charge is 2.23. The summed E-state index contributed by atoms with van der Waals surface area (Å²) in [4.78, 5) is 2.42. The van der Waals surface area contributed by atoms with E-state index < -0.39 is 8.80 Å². The Morgan fingerprint density at radius 2 is 1.83 bits per heavy atom. The molecule has 131 valence electrons. The zero-order valence-corrected chi connectivity index (χ0v) is 17.4. The van der Waals surface area contributed by atoms with Gasteiger partial charge in [-0.15, -0.1) is 0 Å². The van der Waals surface area contributed by atoms with Gasteiger partial charge in [-0.1, -0.05) is 69.1 Å². The summed E-state index contributed by atoms with van der Waals surface area (Å²) in [6, 6.07) is 7.27. The highest BCUT2D eigenvalue weighted by atomic mass is 28.3. The van der Waals surface area contributed by atoms with Gasteiger partial charge >= 0.3 is 0 Å². The van der Waals surface area contributed by atoms with E-state index >= 15 is 0 Å². The lowest BCUT2D eigenvalue weighted by Crippen LogP contribution is -2.26. The normalized spacial score (nSPS) is 18.0. The lowest BCUT2D eigenvalue weighted by atomic mass is 9.93. The Hall–Kier alpha value is -1.28. The molecular formula is C22H34NSi. The number of unbranched alkanes of at least 4 members (excludes halogenated alkanes) is 3. The minimum atomic E-state index is -0.428. The lowest BCUT2D eigenvalue weighted by Gasteiger charge is -2.34. The van der Waals surface area contributed by atoms with Crippen LogP contribution in [-0.2, 0) is 0 Å². The van der Waals surface area contributed by atoms with Gasteiger partial charge in [0.15, 0.2) is 0 Å². The molecule has 0 aliphatic carbocycles. The van der Waals surface area contributed by atoms with Gasteiger partial charge in [-0.3, -0.25) is 0 Å². The minimum Gasteiger partial charge on any atom is -0.370 e. The number of rotatable bonds is 7. The molecule has 2 heteroatoms. The Kier molecular flexibility index (Phi) is 6.91. The van der Waals surface area contributed by atoms with Crippen LogP contribution in [0.3, 0.4) is 0 Å². The second-order valence-electron chi connectivity index (χ2n) is 7.52. The molecule has 0 N–H and O–H groups in total. The van der Waals surface area contributed by atoms with Crippen LogP contribution in [0, 0.1) is 13.8 Å². The summed E-state index contributed by atoms with van der Waals surface area (Å²) in [5.41, 5.74) is 5.82. The second-order valence-corrected chi connectivity index (χ2v) is 10.1. The molecule has 1 nitrogen and oxygen atoms in total. The maximum Gasteiger partial charge on any atom is 0.0814 e. The SMILES string of the molecule is CCCCCCC1=CC(c2ccc(C)cc2C)N(C)C=C1[Si](C)C. The molecule has 1 atom stereocenters. The van der Waals surface area contributed by atoms with E-state index in [-0.39, 0.29) is 0 Å². The van der Waals surface area contributed by atoms with E-state index in [1.807, 2.05) is 0 Å². The van der Waals surface area contributed by atoms with Gasteiger partial charge < -0.3 is 4.90 Å². The molecule has 2 rings (SSSR count). The van der Waals surface area contributed by atoms with Gasteiger partial charge in [0.2, 0.25) is 0 Å². The topological polar surface area (TPSA) is 3.24 Å². The Balaban J connectivity index is 2.27. The standard InChI is InChI=1S/C22H34NSi/c1-7-8-9-10-11-19-15-21(23(4)16-22(19)24(5)6)20-13-12-17(2)14-18(20)3/h12-16,21H,7-11H2,1-6H3. The lowest BCUT2D eigenvalue weighted by molar-refractivity contribution is 0.383. The third-order valence-corrected chi connectivity index (χ3v) is 6.59. The number of allylic oxidation sites excluding steroid dienone is 2. The first-order valence-corrected chi connectivity index (χ1v) is 12.0. The smallest absolute Gasteiger partial charge is 0.0814 e. The second kappa shape index (κ2) is 8.71. The van der Waals surface area contributed by atoms with Crippen molar-refractivity contribution in [3.63, 3.8) is 0 Å². The number of likely N-dealkylation sites (N-methyl/N-ethyl adjacent to an activating group) is 1. The molecule has 1 radical (unpaired) electrons. The zero-order chi connectivity index (χ0) is 17.7. The quantitative estimate of drug-likeness (QED) is 0.412. The molecule has 0 fully saturated rings. The summed E-state index contributed by atoms with van der Waals surface area (Å²) < 4.78 is 0. The molecule has 1 aliphatic heterocycles. The van der Waals surface area contributed by atoms with Crippen molar-refractivity contribution in [3.8, 4) is 0 Å². The van der Waals surface area contributed by atoms with Crippen molar-refractivity contribution in [1.82, 2.24) is 4.90 Å². The summed E-state index contributed by atoms with van der Waals surface area (Å²) >= 11 is 0. The van der Waals surface area contributed by atoms with Crippen molar-refractivity contribution in [2.75, 3.05) is 7.05 Å². The molecule has 0 bridgehead atoms. The Morgan fingerprint density at radius 3 is 2.46 bits per heavy atom. The first-order chi connectivity index (χ1) is 11.4. The largest absolute Gasteiger partial charge is 0.370 e. The fraction of sp³-hybridized carbons (Fsp3) is 0.545. The molecule has 0 aromatic heterocycles. The first kappa shape index (κ1) is 19.0. The molecule has 0 amide bonds. The summed E-state index contributed by atoms with van der Waals surface area (Å²) in [5, 5.41) is 1.63. The molecule has 24 heavy (non-hydrogen) atoms.